The molecule has 1 heteroatoms. The maximum Gasteiger partial charge on any atom is 0.0392 e. The Hall–Kier alpha value is -0.430. The largest absolute Gasteiger partial charge is 0.126 e. The first kappa shape index (κ1) is 8.66. The molecule has 1 rings (SSSR count). The molecule has 0 spiro atoms. The minimum absolute atomic E-state index is 0.512. The Morgan fingerprint density at radius 3 is 2.27 bits per heavy atom. The molecular formula is C10H14S. The van der Waals surface area contributed by atoms with Crippen molar-refractivity contribution >= 4 is 11.8 Å². The SMILES string of the molecule is C=C(C)C1C=CSC1C(=C)C. The van der Waals surface area contributed by atoms with Crippen molar-refractivity contribution in [1.29, 1.82) is 0 Å². The lowest BCUT2D eigenvalue weighted by atomic mass is 9.95. The van der Waals surface area contributed by atoms with E-state index < -0.39 is 0 Å². The molecule has 0 fully saturated rings. The van der Waals surface area contributed by atoms with Gasteiger partial charge in [-0.15, -0.1) is 11.8 Å². The summed E-state index contributed by atoms with van der Waals surface area (Å²) in [5.41, 5.74) is 2.48. The fraction of sp³-hybridized carbons (Fsp3) is 0.400. The Kier molecular flexibility index (Phi) is 2.61. The summed E-state index contributed by atoms with van der Waals surface area (Å²) >= 11 is 1.85. The topological polar surface area (TPSA) is 0 Å². The summed E-state index contributed by atoms with van der Waals surface area (Å²) in [6, 6.07) is 0. The van der Waals surface area contributed by atoms with Crippen LogP contribution in [0.4, 0.5) is 0 Å². The zero-order valence-corrected chi connectivity index (χ0v) is 7.95. The molecule has 1 heterocycles. The number of thioether (sulfide) groups is 1. The Balaban J connectivity index is 2.71. The van der Waals surface area contributed by atoms with Crippen molar-refractivity contribution in [2.24, 2.45) is 5.92 Å². The summed E-state index contributed by atoms with van der Waals surface area (Å²) in [5, 5.41) is 2.69. The van der Waals surface area contributed by atoms with Crippen LogP contribution in [-0.4, -0.2) is 5.25 Å². The van der Waals surface area contributed by atoms with Gasteiger partial charge in [0.2, 0.25) is 0 Å². The molecule has 1 aliphatic rings. The third-order valence-electron chi connectivity index (χ3n) is 1.89. The molecule has 0 amide bonds. The van der Waals surface area contributed by atoms with E-state index in [9.17, 15) is 0 Å². The minimum Gasteiger partial charge on any atom is -0.126 e. The van der Waals surface area contributed by atoms with E-state index in [0.29, 0.717) is 11.2 Å². The summed E-state index contributed by atoms with van der Waals surface area (Å²) in [7, 11) is 0. The minimum atomic E-state index is 0.512. The molecule has 0 bridgehead atoms. The van der Waals surface area contributed by atoms with E-state index >= 15 is 0 Å². The van der Waals surface area contributed by atoms with Crippen molar-refractivity contribution < 1.29 is 0 Å². The van der Waals surface area contributed by atoms with Crippen LogP contribution in [-0.2, 0) is 0 Å². The van der Waals surface area contributed by atoms with Crippen molar-refractivity contribution in [3.8, 4) is 0 Å². The lowest BCUT2D eigenvalue weighted by molar-refractivity contribution is 0.781. The van der Waals surface area contributed by atoms with E-state index in [2.05, 4.69) is 38.5 Å². The van der Waals surface area contributed by atoms with Crippen LogP contribution < -0.4 is 0 Å². The van der Waals surface area contributed by atoms with E-state index in [0.717, 1.165) is 0 Å². The molecule has 1 aliphatic heterocycles. The molecule has 0 aromatic heterocycles. The maximum absolute atomic E-state index is 3.97. The van der Waals surface area contributed by atoms with E-state index in [1.54, 1.807) is 0 Å². The van der Waals surface area contributed by atoms with E-state index in [1.807, 2.05) is 11.8 Å². The van der Waals surface area contributed by atoms with Gasteiger partial charge in [0.1, 0.15) is 0 Å². The highest BCUT2D eigenvalue weighted by atomic mass is 32.2. The lowest BCUT2D eigenvalue weighted by Crippen LogP contribution is -2.12. The van der Waals surface area contributed by atoms with Crippen molar-refractivity contribution in [3.05, 3.63) is 35.8 Å². The highest BCUT2D eigenvalue weighted by Crippen LogP contribution is 2.37. The summed E-state index contributed by atoms with van der Waals surface area (Å²) in [4.78, 5) is 0. The van der Waals surface area contributed by atoms with Gasteiger partial charge in [0.25, 0.3) is 0 Å². The Bertz CT molecular complexity index is 213. The molecule has 0 nitrogen and oxygen atoms in total. The van der Waals surface area contributed by atoms with Gasteiger partial charge in [-0.3, -0.25) is 0 Å². The zero-order chi connectivity index (χ0) is 8.43. The van der Waals surface area contributed by atoms with Crippen molar-refractivity contribution in [1.82, 2.24) is 0 Å². The number of hydrogen-bond acceptors (Lipinski definition) is 1. The van der Waals surface area contributed by atoms with Gasteiger partial charge in [0, 0.05) is 11.2 Å². The fourth-order valence-electron chi connectivity index (χ4n) is 1.25. The van der Waals surface area contributed by atoms with Gasteiger partial charge in [-0.25, -0.2) is 0 Å². The van der Waals surface area contributed by atoms with E-state index in [1.165, 1.54) is 11.1 Å². The first-order valence-corrected chi connectivity index (χ1v) is 4.70. The van der Waals surface area contributed by atoms with Gasteiger partial charge in [-0.05, 0) is 19.3 Å². The molecule has 0 aromatic carbocycles. The van der Waals surface area contributed by atoms with Gasteiger partial charge in [0.15, 0.2) is 0 Å². The molecule has 0 aromatic rings. The highest BCUT2D eigenvalue weighted by Gasteiger charge is 2.24. The molecule has 0 N–H and O–H groups in total. The van der Waals surface area contributed by atoms with Crippen LogP contribution in [0.3, 0.4) is 0 Å². The van der Waals surface area contributed by atoms with E-state index in [-0.39, 0.29) is 0 Å². The third-order valence-corrected chi connectivity index (χ3v) is 3.20. The van der Waals surface area contributed by atoms with Crippen LogP contribution in [0, 0.1) is 5.92 Å². The average Bonchev–Trinajstić information content (AvgIpc) is 2.32. The Labute approximate surface area is 73.1 Å². The van der Waals surface area contributed by atoms with Crippen LogP contribution in [0.15, 0.2) is 35.8 Å². The smallest absolute Gasteiger partial charge is 0.0392 e. The predicted molar refractivity (Wildman–Crippen MR) is 53.6 cm³/mol. The first-order chi connectivity index (χ1) is 5.13. The zero-order valence-electron chi connectivity index (χ0n) is 7.13. The normalized spacial score (nSPS) is 28.9. The van der Waals surface area contributed by atoms with Gasteiger partial charge in [-0.2, -0.15) is 0 Å². The number of hydrogen-bond donors (Lipinski definition) is 0. The molecular weight excluding hydrogens is 152 g/mol. The van der Waals surface area contributed by atoms with Crippen LogP contribution >= 0.6 is 11.8 Å². The molecule has 2 unspecified atom stereocenters. The quantitative estimate of drug-likeness (QED) is 0.567. The molecule has 0 saturated heterocycles. The summed E-state index contributed by atoms with van der Waals surface area (Å²) in [6.07, 6.45) is 2.21. The van der Waals surface area contributed by atoms with Crippen molar-refractivity contribution in [2.75, 3.05) is 0 Å². The van der Waals surface area contributed by atoms with Gasteiger partial charge < -0.3 is 0 Å². The average molecular weight is 166 g/mol. The lowest BCUT2D eigenvalue weighted by Gasteiger charge is -2.18. The second-order valence-electron chi connectivity index (χ2n) is 3.10. The van der Waals surface area contributed by atoms with Crippen LogP contribution in [0.1, 0.15) is 13.8 Å². The number of allylic oxidation sites excluding steroid dienone is 2. The Morgan fingerprint density at radius 2 is 1.91 bits per heavy atom. The predicted octanol–water partition coefficient (Wildman–Crippen LogP) is 3.38. The van der Waals surface area contributed by atoms with Gasteiger partial charge >= 0.3 is 0 Å². The van der Waals surface area contributed by atoms with Crippen molar-refractivity contribution in [2.45, 2.75) is 19.1 Å². The number of rotatable bonds is 2. The second-order valence-corrected chi connectivity index (χ2v) is 4.16. The molecule has 0 aliphatic carbocycles. The summed E-state index contributed by atoms with van der Waals surface area (Å²) < 4.78 is 0. The van der Waals surface area contributed by atoms with Crippen LogP contribution in [0.25, 0.3) is 0 Å². The molecule has 60 valence electrons. The monoisotopic (exact) mass is 166 g/mol. The Morgan fingerprint density at radius 1 is 1.27 bits per heavy atom. The van der Waals surface area contributed by atoms with Crippen LogP contribution in [0.2, 0.25) is 0 Å². The maximum atomic E-state index is 3.97. The fourth-order valence-corrected chi connectivity index (χ4v) is 2.40. The second kappa shape index (κ2) is 3.31. The van der Waals surface area contributed by atoms with Crippen LogP contribution in [0.5, 0.6) is 0 Å². The molecule has 11 heavy (non-hydrogen) atoms. The molecule has 0 radical (unpaired) electrons. The van der Waals surface area contributed by atoms with Gasteiger partial charge in [-0.1, -0.05) is 30.4 Å². The van der Waals surface area contributed by atoms with Gasteiger partial charge in [0.05, 0.1) is 0 Å². The summed E-state index contributed by atoms with van der Waals surface area (Å²) in [5.74, 6) is 0.512. The van der Waals surface area contributed by atoms with E-state index in [4.69, 9.17) is 0 Å². The summed E-state index contributed by atoms with van der Waals surface area (Å²) in [6.45, 7) is 12.1. The third kappa shape index (κ3) is 1.78. The highest BCUT2D eigenvalue weighted by molar-refractivity contribution is 8.03. The standard InChI is InChI=1S/C10H14S/c1-7(2)9-5-6-11-10(9)8(3)4/h5-6,9-10H,1,3H2,2,4H3. The van der Waals surface area contributed by atoms with Crippen molar-refractivity contribution in [3.63, 3.8) is 0 Å². The first-order valence-electron chi connectivity index (χ1n) is 3.76. The molecule has 2 atom stereocenters. The molecule has 0 saturated carbocycles.